The topological polar surface area (TPSA) is 114 Å². The van der Waals surface area contributed by atoms with E-state index in [1.165, 1.54) is 41.6 Å². The molecule has 1 aliphatic rings. The minimum absolute atomic E-state index is 0.0289. The summed E-state index contributed by atoms with van der Waals surface area (Å²) in [5.41, 5.74) is -0.0911. The highest BCUT2D eigenvalue weighted by molar-refractivity contribution is 7.90. The van der Waals surface area contributed by atoms with Crippen molar-refractivity contribution in [2.24, 2.45) is 0 Å². The first-order chi connectivity index (χ1) is 15.2. The Labute approximate surface area is 187 Å². The normalized spacial score (nSPS) is 16.2. The zero-order valence-corrected chi connectivity index (χ0v) is 19.2. The minimum atomic E-state index is -4.22. The van der Waals surface area contributed by atoms with E-state index in [2.05, 4.69) is 0 Å². The Morgan fingerprint density at radius 2 is 1.47 bits per heavy atom. The van der Waals surface area contributed by atoms with Crippen LogP contribution in [0.15, 0.2) is 58.3 Å². The van der Waals surface area contributed by atoms with Gasteiger partial charge in [-0.25, -0.2) is 25.6 Å². The summed E-state index contributed by atoms with van der Waals surface area (Å²) in [7, 11) is -8.00. The zero-order chi connectivity index (χ0) is 23.1. The van der Waals surface area contributed by atoms with Gasteiger partial charge in [0.05, 0.1) is 15.3 Å². The van der Waals surface area contributed by atoms with E-state index in [0.29, 0.717) is 13.1 Å². The lowest BCUT2D eigenvalue weighted by atomic mass is 10.1. The Bertz CT molecular complexity index is 1390. The van der Waals surface area contributed by atoms with E-state index in [1.807, 2.05) is 0 Å². The molecule has 0 spiro atoms. The summed E-state index contributed by atoms with van der Waals surface area (Å²) in [5, 5.41) is 10.1. The quantitative estimate of drug-likeness (QED) is 0.603. The Morgan fingerprint density at radius 3 is 2.06 bits per heavy atom. The minimum Gasteiger partial charge on any atom is -0.477 e. The van der Waals surface area contributed by atoms with Crippen LogP contribution in [0.2, 0.25) is 0 Å². The first kappa shape index (κ1) is 22.5. The van der Waals surface area contributed by atoms with Crippen LogP contribution >= 0.6 is 0 Å². The maximum Gasteiger partial charge on any atom is 0.353 e. The number of carbonyl (C=O) groups is 1. The number of aromatic carboxylic acids is 1. The van der Waals surface area contributed by atoms with Crippen LogP contribution in [0.25, 0.3) is 10.9 Å². The van der Waals surface area contributed by atoms with Crippen molar-refractivity contribution >= 4 is 36.9 Å². The van der Waals surface area contributed by atoms with Crippen molar-refractivity contribution in [1.29, 1.82) is 0 Å². The number of aryl methyl sites for hydroxylation is 1. The number of hydrogen-bond donors (Lipinski definition) is 1. The molecule has 1 fully saturated rings. The monoisotopic (exact) mass is 476 g/mol. The van der Waals surface area contributed by atoms with Crippen LogP contribution in [-0.4, -0.2) is 49.3 Å². The van der Waals surface area contributed by atoms with Gasteiger partial charge >= 0.3 is 5.97 Å². The average Bonchev–Trinajstić information content (AvgIpc) is 2.92. The summed E-state index contributed by atoms with van der Waals surface area (Å²) in [6.45, 7) is 2.36. The van der Waals surface area contributed by atoms with Crippen molar-refractivity contribution in [2.75, 3.05) is 13.1 Å². The molecular weight excluding hydrogens is 452 g/mol. The number of carboxylic acids is 1. The lowest BCUT2D eigenvalue weighted by Gasteiger charge is -2.20. The Morgan fingerprint density at radius 1 is 0.844 bits per heavy atom. The van der Waals surface area contributed by atoms with E-state index in [-0.39, 0.29) is 26.3 Å². The van der Waals surface area contributed by atoms with Gasteiger partial charge in [0.2, 0.25) is 10.0 Å². The van der Waals surface area contributed by atoms with Crippen LogP contribution in [0.3, 0.4) is 0 Å². The van der Waals surface area contributed by atoms with Crippen molar-refractivity contribution in [3.05, 3.63) is 59.8 Å². The Balaban J connectivity index is 1.93. The van der Waals surface area contributed by atoms with Crippen LogP contribution in [0.1, 0.15) is 41.7 Å². The van der Waals surface area contributed by atoms with Gasteiger partial charge in [-0.1, -0.05) is 31.0 Å². The van der Waals surface area contributed by atoms with Crippen LogP contribution in [0.5, 0.6) is 0 Å². The van der Waals surface area contributed by atoms with Crippen molar-refractivity contribution in [2.45, 2.75) is 42.4 Å². The van der Waals surface area contributed by atoms with Gasteiger partial charge in [0.25, 0.3) is 10.0 Å². The maximum absolute atomic E-state index is 13.3. The van der Waals surface area contributed by atoms with Gasteiger partial charge in [0.1, 0.15) is 5.69 Å². The first-order valence-electron chi connectivity index (χ1n) is 10.3. The number of nitrogens with zero attached hydrogens (tertiary/aromatic N) is 2. The molecular formula is C22H24N2O6S2. The van der Waals surface area contributed by atoms with Crippen LogP contribution in [0, 0.1) is 6.92 Å². The molecule has 0 radical (unpaired) electrons. The van der Waals surface area contributed by atoms with E-state index in [1.54, 1.807) is 18.2 Å². The average molecular weight is 477 g/mol. The van der Waals surface area contributed by atoms with Gasteiger partial charge in [0.15, 0.2) is 0 Å². The number of rotatable bonds is 5. The number of aromatic nitrogens is 1. The van der Waals surface area contributed by atoms with Gasteiger partial charge in [-0.15, -0.1) is 0 Å². The van der Waals surface area contributed by atoms with Crippen molar-refractivity contribution in [1.82, 2.24) is 8.28 Å². The predicted octanol–water partition coefficient (Wildman–Crippen LogP) is 3.45. The second-order valence-corrected chi connectivity index (χ2v) is 11.6. The second kappa shape index (κ2) is 8.34. The van der Waals surface area contributed by atoms with E-state index in [9.17, 15) is 26.7 Å². The lowest BCUT2D eigenvalue weighted by molar-refractivity contribution is 0.0689. The molecule has 0 unspecified atom stereocenters. The van der Waals surface area contributed by atoms with Crippen molar-refractivity contribution < 1.29 is 26.7 Å². The molecule has 0 aliphatic carbocycles. The number of carboxylic acid groups (broad SMARTS) is 1. The third kappa shape index (κ3) is 3.72. The summed E-state index contributed by atoms with van der Waals surface area (Å²) in [5.74, 6) is -1.41. The largest absolute Gasteiger partial charge is 0.477 e. The summed E-state index contributed by atoms with van der Waals surface area (Å²) >= 11 is 0. The number of hydrogen-bond acceptors (Lipinski definition) is 5. The van der Waals surface area contributed by atoms with Gasteiger partial charge in [0, 0.05) is 18.5 Å². The number of fused-ring (bicyclic) bond motifs is 1. The first-order valence-corrected chi connectivity index (χ1v) is 13.2. The molecule has 32 heavy (non-hydrogen) atoms. The maximum atomic E-state index is 13.3. The van der Waals surface area contributed by atoms with Crippen LogP contribution in [-0.2, 0) is 20.0 Å². The fourth-order valence-electron chi connectivity index (χ4n) is 4.18. The fraction of sp³-hybridized carbons (Fsp3) is 0.318. The third-order valence-corrected chi connectivity index (χ3v) is 9.46. The van der Waals surface area contributed by atoms with Crippen LogP contribution < -0.4 is 0 Å². The van der Waals surface area contributed by atoms with E-state index in [0.717, 1.165) is 29.7 Å². The molecule has 0 bridgehead atoms. The second-order valence-electron chi connectivity index (χ2n) is 7.86. The Kier molecular flexibility index (Phi) is 5.87. The molecule has 1 N–H and O–H groups in total. The van der Waals surface area contributed by atoms with Crippen LogP contribution in [0.4, 0.5) is 0 Å². The highest BCUT2D eigenvalue weighted by Crippen LogP contribution is 2.32. The molecule has 8 nitrogen and oxygen atoms in total. The van der Waals surface area contributed by atoms with Crippen molar-refractivity contribution in [3.8, 4) is 0 Å². The molecule has 4 rings (SSSR count). The molecule has 1 aliphatic heterocycles. The van der Waals surface area contributed by atoms with Crippen molar-refractivity contribution in [3.63, 3.8) is 0 Å². The summed E-state index contributed by atoms with van der Waals surface area (Å²) in [6, 6.07) is 11.7. The molecule has 0 amide bonds. The molecule has 10 heteroatoms. The SMILES string of the molecule is Cc1c(C(=O)O)n(S(=O)(=O)c2ccccc2)c2ccc(S(=O)(=O)N3CCCCCC3)cc12. The predicted molar refractivity (Wildman–Crippen MR) is 120 cm³/mol. The smallest absolute Gasteiger partial charge is 0.353 e. The molecule has 170 valence electrons. The molecule has 1 saturated heterocycles. The Hall–Kier alpha value is -2.69. The molecule has 0 saturated carbocycles. The van der Waals surface area contributed by atoms with Gasteiger partial charge in [-0.3, -0.25) is 0 Å². The zero-order valence-electron chi connectivity index (χ0n) is 17.6. The standard InChI is InChI=1S/C22H24N2O6S2/c1-16-19-15-18(31(27,28)23-13-7-2-3-8-14-23)11-12-20(19)24(21(16)22(25)26)32(29,30)17-9-5-4-6-10-17/h4-6,9-12,15H,2-3,7-8,13-14H2,1H3,(H,25,26). The molecule has 3 aromatic rings. The summed E-state index contributed by atoms with van der Waals surface area (Å²) in [4.78, 5) is 12.0. The van der Waals surface area contributed by atoms with Gasteiger partial charge < -0.3 is 5.11 Å². The summed E-state index contributed by atoms with van der Waals surface area (Å²) < 4.78 is 55.3. The molecule has 0 atom stereocenters. The number of sulfonamides is 1. The summed E-state index contributed by atoms with van der Waals surface area (Å²) in [6.07, 6.45) is 3.53. The van der Waals surface area contributed by atoms with E-state index >= 15 is 0 Å². The lowest BCUT2D eigenvalue weighted by Crippen LogP contribution is -2.31. The fourth-order valence-corrected chi connectivity index (χ4v) is 7.31. The van der Waals surface area contributed by atoms with E-state index in [4.69, 9.17) is 0 Å². The number of benzene rings is 2. The highest BCUT2D eigenvalue weighted by Gasteiger charge is 2.31. The van der Waals surface area contributed by atoms with Gasteiger partial charge in [-0.05, 0) is 55.7 Å². The van der Waals surface area contributed by atoms with Gasteiger partial charge in [-0.2, -0.15) is 4.31 Å². The highest BCUT2D eigenvalue weighted by atomic mass is 32.2. The molecule has 2 aromatic carbocycles. The third-order valence-electron chi connectivity index (χ3n) is 5.84. The molecule has 1 aromatic heterocycles. The van der Waals surface area contributed by atoms with E-state index < -0.39 is 31.7 Å². The molecule has 2 heterocycles.